The molecule has 0 aliphatic heterocycles. The third-order valence-corrected chi connectivity index (χ3v) is 4.26. The van der Waals surface area contributed by atoms with E-state index >= 15 is 0 Å². The van der Waals surface area contributed by atoms with Gasteiger partial charge in [-0.1, -0.05) is 60.1 Å². The summed E-state index contributed by atoms with van der Waals surface area (Å²) in [7, 11) is 0. The first-order valence-electron chi connectivity index (χ1n) is 8.36. The summed E-state index contributed by atoms with van der Waals surface area (Å²) in [6.07, 6.45) is 0. The molecule has 0 atom stereocenters. The lowest BCUT2D eigenvalue weighted by Gasteiger charge is -2.12. The maximum absolute atomic E-state index is 12.3. The minimum Gasteiger partial charge on any atom is -0.488 e. The van der Waals surface area contributed by atoms with Gasteiger partial charge in [-0.2, -0.15) is 0 Å². The molecule has 1 N–H and O–H groups in total. The highest BCUT2D eigenvalue weighted by Crippen LogP contribution is 2.22. The largest absolute Gasteiger partial charge is 0.488 e. The number of nitrogens with one attached hydrogen (secondary N) is 1. The van der Waals surface area contributed by atoms with Gasteiger partial charge in [0.1, 0.15) is 17.9 Å². The van der Waals surface area contributed by atoms with Crippen molar-refractivity contribution in [2.24, 2.45) is 5.92 Å². The summed E-state index contributed by atoms with van der Waals surface area (Å²) in [6.45, 7) is 4.52. The molecule has 26 heavy (non-hydrogen) atoms. The van der Waals surface area contributed by atoms with Gasteiger partial charge in [0, 0.05) is 16.6 Å². The molecule has 0 aliphatic rings. The van der Waals surface area contributed by atoms with Crippen molar-refractivity contribution in [1.29, 1.82) is 0 Å². The Morgan fingerprint density at radius 2 is 1.77 bits per heavy atom. The Kier molecular flexibility index (Phi) is 7.66. The fourth-order valence-corrected chi connectivity index (χ4v) is 2.51. The maximum atomic E-state index is 12.3. The van der Waals surface area contributed by atoms with Crippen molar-refractivity contribution in [3.8, 4) is 5.75 Å². The van der Waals surface area contributed by atoms with Crippen LogP contribution in [0.3, 0.4) is 0 Å². The molecular formula is C20H22BrNO4. The van der Waals surface area contributed by atoms with Gasteiger partial charge in [-0.25, -0.2) is 4.79 Å². The predicted molar refractivity (Wildman–Crippen MR) is 103 cm³/mol. The maximum Gasteiger partial charge on any atom is 0.342 e. The van der Waals surface area contributed by atoms with Crippen molar-refractivity contribution < 1.29 is 19.1 Å². The van der Waals surface area contributed by atoms with Gasteiger partial charge in [0.05, 0.1) is 0 Å². The van der Waals surface area contributed by atoms with Crippen LogP contribution in [0, 0.1) is 5.92 Å². The fraction of sp³-hybridized carbons (Fsp3) is 0.300. The van der Waals surface area contributed by atoms with Crippen LogP contribution < -0.4 is 10.1 Å². The van der Waals surface area contributed by atoms with Gasteiger partial charge >= 0.3 is 5.97 Å². The van der Waals surface area contributed by atoms with E-state index in [1.807, 2.05) is 38.1 Å². The van der Waals surface area contributed by atoms with E-state index in [1.165, 1.54) is 0 Å². The van der Waals surface area contributed by atoms with E-state index in [9.17, 15) is 9.59 Å². The summed E-state index contributed by atoms with van der Waals surface area (Å²) in [5.74, 6) is -0.164. The van der Waals surface area contributed by atoms with Crippen molar-refractivity contribution in [1.82, 2.24) is 5.32 Å². The Balaban J connectivity index is 1.96. The first kappa shape index (κ1) is 20.0. The third kappa shape index (κ3) is 6.19. The lowest BCUT2D eigenvalue weighted by atomic mass is 10.2. The molecule has 0 saturated carbocycles. The molecule has 6 heteroatoms. The second-order valence-electron chi connectivity index (χ2n) is 6.15. The van der Waals surface area contributed by atoms with Gasteiger partial charge in [-0.3, -0.25) is 4.79 Å². The molecule has 0 saturated heterocycles. The molecule has 2 rings (SSSR count). The lowest BCUT2D eigenvalue weighted by Crippen LogP contribution is -2.31. The second kappa shape index (κ2) is 9.97. The van der Waals surface area contributed by atoms with Gasteiger partial charge in [0.2, 0.25) is 0 Å². The molecule has 2 aromatic rings. The van der Waals surface area contributed by atoms with Crippen LogP contribution in [0.1, 0.15) is 29.8 Å². The van der Waals surface area contributed by atoms with Crippen molar-refractivity contribution in [2.75, 3.05) is 13.2 Å². The molecule has 0 radical (unpaired) electrons. The van der Waals surface area contributed by atoms with Gasteiger partial charge in [-0.05, 0) is 24.1 Å². The first-order chi connectivity index (χ1) is 12.5. The zero-order valence-corrected chi connectivity index (χ0v) is 16.4. The molecule has 1 amide bonds. The number of benzene rings is 2. The van der Waals surface area contributed by atoms with Crippen molar-refractivity contribution >= 4 is 27.8 Å². The zero-order chi connectivity index (χ0) is 18.9. The highest BCUT2D eigenvalue weighted by molar-refractivity contribution is 9.10. The standard InChI is InChI=1S/C20H22BrNO4/c1-14(2)11-22-19(23)13-26-20(24)16-8-4-6-10-18(16)25-12-15-7-3-5-9-17(15)21/h3-10,14H,11-13H2,1-2H3,(H,22,23). The summed E-state index contributed by atoms with van der Waals surface area (Å²) in [4.78, 5) is 24.0. The molecule has 0 aromatic heterocycles. The highest BCUT2D eigenvalue weighted by Gasteiger charge is 2.15. The van der Waals surface area contributed by atoms with Crippen LogP contribution in [0.15, 0.2) is 53.0 Å². The molecule has 0 bridgehead atoms. The normalized spacial score (nSPS) is 10.5. The van der Waals surface area contributed by atoms with E-state index in [0.717, 1.165) is 10.0 Å². The number of hydrogen-bond acceptors (Lipinski definition) is 4. The molecule has 0 heterocycles. The Morgan fingerprint density at radius 3 is 2.50 bits per heavy atom. The van der Waals surface area contributed by atoms with Crippen LogP contribution >= 0.6 is 15.9 Å². The van der Waals surface area contributed by atoms with E-state index in [1.54, 1.807) is 24.3 Å². The molecule has 5 nitrogen and oxygen atoms in total. The SMILES string of the molecule is CC(C)CNC(=O)COC(=O)c1ccccc1OCc1ccccc1Br. The quantitative estimate of drug-likeness (QED) is 0.657. The van der Waals surface area contributed by atoms with E-state index in [-0.39, 0.29) is 18.1 Å². The van der Waals surface area contributed by atoms with E-state index < -0.39 is 5.97 Å². The van der Waals surface area contributed by atoms with Crippen molar-refractivity contribution in [2.45, 2.75) is 20.5 Å². The van der Waals surface area contributed by atoms with E-state index in [2.05, 4.69) is 21.2 Å². The molecule has 0 aliphatic carbocycles. The van der Waals surface area contributed by atoms with Gasteiger partial charge in [0.25, 0.3) is 5.91 Å². The summed E-state index contributed by atoms with van der Waals surface area (Å²) < 4.78 is 11.8. The Labute approximate surface area is 161 Å². The van der Waals surface area contributed by atoms with Gasteiger partial charge in [-0.15, -0.1) is 0 Å². The molecule has 138 valence electrons. The Morgan fingerprint density at radius 1 is 1.08 bits per heavy atom. The number of amides is 1. The monoisotopic (exact) mass is 419 g/mol. The van der Waals surface area contributed by atoms with Crippen LogP contribution in [0.5, 0.6) is 5.75 Å². The number of ether oxygens (including phenoxy) is 2. The molecule has 0 unspecified atom stereocenters. The second-order valence-corrected chi connectivity index (χ2v) is 7.00. The number of carbonyl (C=O) groups excluding carboxylic acids is 2. The minimum atomic E-state index is -0.590. The van der Waals surface area contributed by atoms with E-state index in [0.29, 0.717) is 24.8 Å². The number of esters is 1. The van der Waals surface area contributed by atoms with Gasteiger partial charge < -0.3 is 14.8 Å². The van der Waals surface area contributed by atoms with Crippen LogP contribution in [-0.4, -0.2) is 25.0 Å². The number of para-hydroxylation sites is 1. The summed E-state index contributed by atoms with van der Waals surface area (Å²) in [5, 5.41) is 2.70. The van der Waals surface area contributed by atoms with Crippen LogP contribution in [0.4, 0.5) is 0 Å². The average molecular weight is 420 g/mol. The van der Waals surface area contributed by atoms with Crippen LogP contribution in [0.25, 0.3) is 0 Å². The third-order valence-electron chi connectivity index (χ3n) is 3.49. The van der Waals surface area contributed by atoms with Crippen LogP contribution in [-0.2, 0) is 16.1 Å². The highest BCUT2D eigenvalue weighted by atomic mass is 79.9. The molecular weight excluding hydrogens is 398 g/mol. The fourth-order valence-electron chi connectivity index (χ4n) is 2.11. The number of carbonyl (C=O) groups is 2. The minimum absolute atomic E-state index is 0.288. The topological polar surface area (TPSA) is 64.6 Å². The first-order valence-corrected chi connectivity index (χ1v) is 9.15. The predicted octanol–water partition coefficient (Wildman–Crippen LogP) is 3.96. The van der Waals surface area contributed by atoms with E-state index in [4.69, 9.17) is 9.47 Å². The summed E-state index contributed by atoms with van der Waals surface area (Å²) in [6, 6.07) is 14.5. The zero-order valence-electron chi connectivity index (χ0n) is 14.8. The molecule has 2 aromatic carbocycles. The number of hydrogen-bond donors (Lipinski definition) is 1. The average Bonchev–Trinajstić information content (AvgIpc) is 2.64. The summed E-state index contributed by atoms with van der Waals surface area (Å²) >= 11 is 3.47. The number of rotatable bonds is 8. The smallest absolute Gasteiger partial charge is 0.342 e. The molecule has 0 spiro atoms. The Bertz CT molecular complexity index is 761. The lowest BCUT2D eigenvalue weighted by molar-refractivity contribution is -0.124. The number of halogens is 1. The van der Waals surface area contributed by atoms with Crippen LogP contribution in [0.2, 0.25) is 0 Å². The van der Waals surface area contributed by atoms with Gasteiger partial charge in [0.15, 0.2) is 6.61 Å². The summed E-state index contributed by atoms with van der Waals surface area (Å²) in [5.41, 5.74) is 1.25. The van der Waals surface area contributed by atoms with Crippen molar-refractivity contribution in [3.63, 3.8) is 0 Å². The van der Waals surface area contributed by atoms with Crippen molar-refractivity contribution in [3.05, 3.63) is 64.1 Å². The Hall–Kier alpha value is -2.34. The molecule has 0 fully saturated rings.